The number of methoxy groups -OCH3 is 1. The van der Waals surface area contributed by atoms with E-state index in [1.165, 1.54) is 0 Å². The predicted molar refractivity (Wildman–Crippen MR) is 69.7 cm³/mol. The third-order valence-corrected chi connectivity index (χ3v) is 3.25. The van der Waals surface area contributed by atoms with Crippen LogP contribution in [0.25, 0.3) is 0 Å². The topological polar surface area (TPSA) is 56.6 Å². The summed E-state index contributed by atoms with van der Waals surface area (Å²) in [4.78, 5) is 14.0. The van der Waals surface area contributed by atoms with Crippen molar-refractivity contribution in [2.45, 2.75) is 18.9 Å². The average Bonchev–Trinajstić information content (AvgIpc) is 2.99. The van der Waals surface area contributed by atoms with Crippen LogP contribution in [0, 0.1) is 0 Å². The van der Waals surface area contributed by atoms with Crippen LogP contribution in [0.1, 0.15) is 12.0 Å². The molecule has 1 aliphatic rings. The summed E-state index contributed by atoms with van der Waals surface area (Å²) in [5, 5.41) is 4.07. The minimum Gasteiger partial charge on any atom is -0.382 e. The van der Waals surface area contributed by atoms with Crippen molar-refractivity contribution < 1.29 is 14.3 Å². The van der Waals surface area contributed by atoms with Crippen LogP contribution in [-0.2, 0) is 27.7 Å². The second-order valence-corrected chi connectivity index (χ2v) is 4.81. The highest BCUT2D eigenvalue weighted by Gasteiger charge is 2.26. The fraction of sp³-hybridized carbons (Fsp3) is 0.692. The minimum absolute atomic E-state index is 0.144. The standard InChI is InChI=1S/C13H21N3O3/c1-15-9-11(8-14-15)7-13(17)16-4-3-12(10-16)19-6-5-18-2/h8-9,12H,3-7,10H2,1-2H3. The van der Waals surface area contributed by atoms with Crippen molar-refractivity contribution in [1.82, 2.24) is 14.7 Å². The molecule has 0 aromatic carbocycles. The number of carbonyl (C=O) groups excluding carboxylic acids is 1. The fourth-order valence-electron chi connectivity index (χ4n) is 2.24. The van der Waals surface area contributed by atoms with Gasteiger partial charge in [0, 0.05) is 33.4 Å². The third-order valence-electron chi connectivity index (χ3n) is 3.25. The summed E-state index contributed by atoms with van der Waals surface area (Å²) in [6, 6.07) is 0. The number of hydrogen-bond donors (Lipinski definition) is 0. The van der Waals surface area contributed by atoms with Gasteiger partial charge in [-0.2, -0.15) is 5.10 Å². The average molecular weight is 267 g/mol. The number of nitrogens with zero attached hydrogens (tertiary/aromatic N) is 3. The molecule has 19 heavy (non-hydrogen) atoms. The van der Waals surface area contributed by atoms with E-state index in [0.29, 0.717) is 26.2 Å². The molecule has 1 fully saturated rings. The molecule has 0 bridgehead atoms. The molecule has 1 amide bonds. The Labute approximate surface area is 113 Å². The molecule has 0 saturated carbocycles. The largest absolute Gasteiger partial charge is 0.382 e. The Kier molecular flexibility index (Phi) is 4.93. The number of aromatic nitrogens is 2. The summed E-state index contributed by atoms with van der Waals surface area (Å²) < 4.78 is 12.3. The Morgan fingerprint density at radius 2 is 2.37 bits per heavy atom. The normalized spacial score (nSPS) is 19.1. The van der Waals surface area contributed by atoms with Crippen LogP contribution in [0.3, 0.4) is 0 Å². The highest BCUT2D eigenvalue weighted by atomic mass is 16.5. The SMILES string of the molecule is COCCOC1CCN(C(=O)Cc2cnn(C)c2)C1. The lowest BCUT2D eigenvalue weighted by Crippen LogP contribution is -2.31. The van der Waals surface area contributed by atoms with Gasteiger partial charge in [-0.15, -0.1) is 0 Å². The summed E-state index contributed by atoms with van der Waals surface area (Å²) in [7, 11) is 3.51. The van der Waals surface area contributed by atoms with Crippen LogP contribution in [0.15, 0.2) is 12.4 Å². The van der Waals surface area contributed by atoms with E-state index in [0.717, 1.165) is 18.5 Å². The van der Waals surface area contributed by atoms with Gasteiger partial charge >= 0.3 is 0 Å². The second kappa shape index (κ2) is 6.68. The quantitative estimate of drug-likeness (QED) is 0.692. The lowest BCUT2D eigenvalue weighted by atomic mass is 10.2. The molecule has 106 valence electrons. The number of aryl methyl sites for hydroxylation is 1. The minimum atomic E-state index is 0.144. The lowest BCUT2D eigenvalue weighted by Gasteiger charge is -2.16. The Bertz CT molecular complexity index is 419. The van der Waals surface area contributed by atoms with Crippen molar-refractivity contribution in [3.8, 4) is 0 Å². The maximum atomic E-state index is 12.1. The molecule has 1 aromatic rings. The Morgan fingerprint density at radius 3 is 3.05 bits per heavy atom. The number of ether oxygens (including phenoxy) is 2. The zero-order valence-corrected chi connectivity index (χ0v) is 11.5. The summed E-state index contributed by atoms with van der Waals surface area (Å²) in [6.07, 6.45) is 5.08. The predicted octanol–water partition coefficient (Wildman–Crippen LogP) is 0.226. The first-order chi connectivity index (χ1) is 9.19. The lowest BCUT2D eigenvalue weighted by molar-refractivity contribution is -0.130. The molecular formula is C13H21N3O3. The number of rotatable bonds is 6. The molecule has 6 nitrogen and oxygen atoms in total. The smallest absolute Gasteiger partial charge is 0.227 e. The van der Waals surface area contributed by atoms with Crippen LogP contribution in [0.4, 0.5) is 0 Å². The molecule has 1 saturated heterocycles. The molecule has 1 aromatic heterocycles. The van der Waals surface area contributed by atoms with Gasteiger partial charge in [0.05, 0.1) is 31.9 Å². The van der Waals surface area contributed by atoms with Crippen molar-refractivity contribution in [3.05, 3.63) is 18.0 Å². The van der Waals surface area contributed by atoms with Crippen LogP contribution >= 0.6 is 0 Å². The molecule has 0 aliphatic carbocycles. The third kappa shape index (κ3) is 4.04. The summed E-state index contributed by atoms with van der Waals surface area (Å²) in [6.45, 7) is 2.64. The molecule has 1 atom stereocenters. The van der Waals surface area contributed by atoms with Gasteiger partial charge < -0.3 is 14.4 Å². The molecule has 1 unspecified atom stereocenters. The fourth-order valence-corrected chi connectivity index (χ4v) is 2.24. The van der Waals surface area contributed by atoms with E-state index in [-0.39, 0.29) is 12.0 Å². The Balaban J connectivity index is 1.75. The van der Waals surface area contributed by atoms with E-state index in [9.17, 15) is 4.79 Å². The number of amides is 1. The van der Waals surface area contributed by atoms with Crippen molar-refractivity contribution in [2.75, 3.05) is 33.4 Å². The number of likely N-dealkylation sites (tertiary alicyclic amines) is 1. The van der Waals surface area contributed by atoms with E-state index in [4.69, 9.17) is 9.47 Å². The molecule has 2 rings (SSSR count). The van der Waals surface area contributed by atoms with Gasteiger partial charge in [-0.25, -0.2) is 0 Å². The summed E-state index contributed by atoms with van der Waals surface area (Å²) in [5.41, 5.74) is 0.955. The van der Waals surface area contributed by atoms with Gasteiger partial charge in [-0.1, -0.05) is 0 Å². The summed E-state index contributed by atoms with van der Waals surface area (Å²) >= 11 is 0. The van der Waals surface area contributed by atoms with E-state index in [2.05, 4.69) is 5.10 Å². The second-order valence-electron chi connectivity index (χ2n) is 4.81. The van der Waals surface area contributed by atoms with Crippen LogP contribution in [0.2, 0.25) is 0 Å². The summed E-state index contributed by atoms with van der Waals surface area (Å²) in [5.74, 6) is 0.144. The molecule has 2 heterocycles. The van der Waals surface area contributed by atoms with Crippen molar-refractivity contribution in [1.29, 1.82) is 0 Å². The van der Waals surface area contributed by atoms with E-state index in [1.807, 2.05) is 18.1 Å². The maximum absolute atomic E-state index is 12.1. The van der Waals surface area contributed by atoms with Gasteiger partial charge in [0.2, 0.25) is 5.91 Å². The van der Waals surface area contributed by atoms with Crippen molar-refractivity contribution in [3.63, 3.8) is 0 Å². The van der Waals surface area contributed by atoms with Gasteiger partial charge in [-0.3, -0.25) is 9.48 Å². The van der Waals surface area contributed by atoms with E-state index < -0.39 is 0 Å². The first kappa shape index (κ1) is 14.0. The monoisotopic (exact) mass is 267 g/mol. The van der Waals surface area contributed by atoms with Gasteiger partial charge in [0.1, 0.15) is 0 Å². The van der Waals surface area contributed by atoms with Gasteiger partial charge in [0.15, 0.2) is 0 Å². The van der Waals surface area contributed by atoms with Crippen LogP contribution in [0.5, 0.6) is 0 Å². The molecular weight excluding hydrogens is 246 g/mol. The zero-order chi connectivity index (χ0) is 13.7. The van der Waals surface area contributed by atoms with Gasteiger partial charge in [-0.05, 0) is 12.0 Å². The van der Waals surface area contributed by atoms with Crippen LogP contribution < -0.4 is 0 Å². The molecule has 0 N–H and O–H groups in total. The highest BCUT2D eigenvalue weighted by molar-refractivity contribution is 5.78. The Hall–Kier alpha value is -1.40. The van der Waals surface area contributed by atoms with Crippen molar-refractivity contribution in [2.24, 2.45) is 7.05 Å². The van der Waals surface area contributed by atoms with E-state index >= 15 is 0 Å². The first-order valence-electron chi connectivity index (χ1n) is 6.55. The Morgan fingerprint density at radius 1 is 1.53 bits per heavy atom. The van der Waals surface area contributed by atoms with Gasteiger partial charge in [0.25, 0.3) is 0 Å². The number of hydrogen-bond acceptors (Lipinski definition) is 4. The zero-order valence-electron chi connectivity index (χ0n) is 11.5. The molecule has 0 spiro atoms. The molecule has 1 aliphatic heterocycles. The maximum Gasteiger partial charge on any atom is 0.227 e. The van der Waals surface area contributed by atoms with E-state index in [1.54, 1.807) is 18.0 Å². The first-order valence-corrected chi connectivity index (χ1v) is 6.55. The van der Waals surface area contributed by atoms with Crippen molar-refractivity contribution >= 4 is 5.91 Å². The molecule has 0 radical (unpaired) electrons. The number of carbonyl (C=O) groups is 1. The van der Waals surface area contributed by atoms with Crippen LogP contribution in [-0.4, -0.2) is 60.1 Å². The highest BCUT2D eigenvalue weighted by Crippen LogP contribution is 2.14. The molecule has 6 heteroatoms.